The molecule has 0 aromatic carbocycles. The average molecular weight is 506 g/mol. The van der Waals surface area contributed by atoms with Crippen LogP contribution in [0.15, 0.2) is 35.5 Å². The maximum atomic E-state index is 13.1. The van der Waals surface area contributed by atoms with Gasteiger partial charge in [-0.3, -0.25) is 9.78 Å². The van der Waals surface area contributed by atoms with Crippen molar-refractivity contribution in [3.63, 3.8) is 0 Å². The van der Waals surface area contributed by atoms with Crippen LogP contribution >= 0.6 is 0 Å². The molecule has 2 aliphatic carbocycles. The van der Waals surface area contributed by atoms with Gasteiger partial charge in [-0.1, -0.05) is 6.07 Å². The summed E-state index contributed by atoms with van der Waals surface area (Å²) in [6, 6.07) is 3.49. The number of rotatable bonds is 5. The number of aromatic nitrogens is 7. The molecule has 0 radical (unpaired) electrons. The number of nitrogens with one attached hydrogen (secondary N) is 1. The van der Waals surface area contributed by atoms with Crippen molar-refractivity contribution < 1.29 is 13.2 Å². The summed E-state index contributed by atoms with van der Waals surface area (Å²) in [6.07, 6.45) is 4.28. The highest BCUT2D eigenvalue weighted by molar-refractivity contribution is 5.80. The maximum absolute atomic E-state index is 13.1. The lowest BCUT2D eigenvalue weighted by Crippen LogP contribution is -2.28. The number of fused-ring (bicyclic) bond motifs is 1. The van der Waals surface area contributed by atoms with Crippen LogP contribution in [0.1, 0.15) is 90.6 Å². The Morgan fingerprint density at radius 1 is 1.08 bits per heavy atom. The summed E-state index contributed by atoms with van der Waals surface area (Å²) in [5, 5.41) is 13.9. The van der Waals surface area contributed by atoms with E-state index in [1.54, 1.807) is 6.92 Å². The maximum Gasteiger partial charge on any atom is 0.433 e. The number of aromatic amines is 1. The van der Waals surface area contributed by atoms with E-state index in [-0.39, 0.29) is 28.6 Å². The summed E-state index contributed by atoms with van der Waals surface area (Å²) < 4.78 is 40.2. The van der Waals surface area contributed by atoms with Crippen molar-refractivity contribution in [1.29, 1.82) is 5.26 Å². The molecule has 0 bridgehead atoms. The monoisotopic (exact) mass is 506 g/mol. The summed E-state index contributed by atoms with van der Waals surface area (Å²) in [5.41, 5.74) is 0.163. The molecule has 9 nitrogen and oxygen atoms in total. The first kappa shape index (κ1) is 23.3. The standard InChI is InChI=1S/C25H21F3N8O/c1-12(14-4-7-19(30-9-14)25(26,27)28)36-23-20(18(8-29)35-36)24(37)34-22(33-23)17-6-5-16(17)21-31-10-15(11-32-21)13-2-3-13/h4,7,9-13,16-17H,2-3,5-6H2,1H3,(H,33,34,37). The van der Waals surface area contributed by atoms with Crippen molar-refractivity contribution in [3.8, 4) is 6.07 Å². The predicted octanol–water partition coefficient (Wildman–Crippen LogP) is 4.34. The van der Waals surface area contributed by atoms with Crippen LogP contribution in [-0.2, 0) is 6.18 Å². The van der Waals surface area contributed by atoms with Gasteiger partial charge < -0.3 is 4.98 Å². The smallest absolute Gasteiger partial charge is 0.310 e. The molecule has 6 rings (SSSR count). The van der Waals surface area contributed by atoms with Gasteiger partial charge in [0, 0.05) is 30.4 Å². The molecule has 4 aromatic heterocycles. The third-order valence-electron chi connectivity index (χ3n) is 7.31. The van der Waals surface area contributed by atoms with Gasteiger partial charge in [-0.15, -0.1) is 0 Å². The molecule has 188 valence electrons. The quantitative estimate of drug-likeness (QED) is 0.427. The Hall–Kier alpha value is -4.14. The van der Waals surface area contributed by atoms with E-state index in [1.807, 2.05) is 18.5 Å². The van der Waals surface area contributed by atoms with Gasteiger partial charge in [0.2, 0.25) is 0 Å². The molecule has 3 unspecified atom stereocenters. The fourth-order valence-corrected chi connectivity index (χ4v) is 4.85. The topological polar surface area (TPSA) is 126 Å². The molecule has 12 heteroatoms. The highest BCUT2D eigenvalue weighted by Gasteiger charge is 2.38. The predicted molar refractivity (Wildman–Crippen MR) is 125 cm³/mol. The van der Waals surface area contributed by atoms with Gasteiger partial charge in [-0.05, 0) is 55.7 Å². The lowest BCUT2D eigenvalue weighted by Gasteiger charge is -2.34. The Morgan fingerprint density at radius 2 is 1.81 bits per heavy atom. The Labute approximate surface area is 208 Å². The minimum absolute atomic E-state index is 0.00259. The third kappa shape index (κ3) is 4.04. The summed E-state index contributed by atoms with van der Waals surface area (Å²) >= 11 is 0. The molecule has 4 heterocycles. The van der Waals surface area contributed by atoms with Crippen LogP contribution in [0.5, 0.6) is 0 Å². The molecule has 0 aliphatic heterocycles. The van der Waals surface area contributed by atoms with Crippen molar-refractivity contribution in [3.05, 3.63) is 75.2 Å². The number of hydrogen-bond donors (Lipinski definition) is 1. The normalized spacial score (nSPS) is 20.4. The van der Waals surface area contributed by atoms with E-state index in [1.165, 1.54) is 23.6 Å². The van der Waals surface area contributed by atoms with Crippen molar-refractivity contribution in [2.45, 2.75) is 62.6 Å². The molecule has 4 aromatic rings. The van der Waals surface area contributed by atoms with Gasteiger partial charge in [0.05, 0.1) is 6.04 Å². The fraction of sp³-hybridized carbons (Fsp3) is 0.400. The number of hydrogen-bond acceptors (Lipinski definition) is 7. The van der Waals surface area contributed by atoms with Crippen LogP contribution < -0.4 is 5.56 Å². The number of nitriles is 1. The molecule has 2 saturated carbocycles. The molecular formula is C25H21F3N8O. The van der Waals surface area contributed by atoms with Gasteiger partial charge in [0.15, 0.2) is 11.3 Å². The Bertz CT molecular complexity index is 1580. The molecule has 0 spiro atoms. The van der Waals surface area contributed by atoms with Gasteiger partial charge in [-0.2, -0.15) is 23.5 Å². The van der Waals surface area contributed by atoms with Crippen LogP contribution in [0, 0.1) is 11.3 Å². The minimum atomic E-state index is -4.56. The molecule has 3 atom stereocenters. The van der Waals surface area contributed by atoms with E-state index >= 15 is 0 Å². The Balaban J connectivity index is 1.36. The number of H-pyrrole nitrogens is 1. The molecule has 37 heavy (non-hydrogen) atoms. The van der Waals surface area contributed by atoms with Crippen LogP contribution in [0.3, 0.4) is 0 Å². The summed E-state index contributed by atoms with van der Waals surface area (Å²) in [7, 11) is 0. The third-order valence-corrected chi connectivity index (χ3v) is 7.31. The Morgan fingerprint density at radius 3 is 2.38 bits per heavy atom. The summed E-state index contributed by atoms with van der Waals surface area (Å²) in [5.74, 6) is 1.60. The van der Waals surface area contributed by atoms with Gasteiger partial charge in [0.25, 0.3) is 5.56 Å². The molecule has 0 saturated heterocycles. The Kier molecular flexibility index (Phi) is 5.33. The lowest BCUT2D eigenvalue weighted by atomic mass is 9.72. The second kappa shape index (κ2) is 8.47. The highest BCUT2D eigenvalue weighted by atomic mass is 19.4. The molecule has 2 fully saturated rings. The number of pyridine rings is 1. The lowest BCUT2D eigenvalue weighted by molar-refractivity contribution is -0.141. The minimum Gasteiger partial charge on any atom is -0.310 e. The molecule has 1 N–H and O–H groups in total. The van der Waals surface area contributed by atoms with Gasteiger partial charge in [0.1, 0.15) is 28.8 Å². The second-order valence-electron chi connectivity index (χ2n) is 9.64. The van der Waals surface area contributed by atoms with Crippen molar-refractivity contribution in [2.24, 2.45) is 0 Å². The highest BCUT2D eigenvalue weighted by Crippen LogP contribution is 2.47. The first-order valence-electron chi connectivity index (χ1n) is 12.0. The average Bonchev–Trinajstić information content (AvgIpc) is 3.63. The van der Waals surface area contributed by atoms with E-state index in [2.05, 4.69) is 25.0 Å². The largest absolute Gasteiger partial charge is 0.433 e. The molecular weight excluding hydrogens is 485 g/mol. The zero-order valence-corrected chi connectivity index (χ0v) is 19.7. The van der Waals surface area contributed by atoms with Crippen molar-refractivity contribution >= 4 is 11.0 Å². The van der Waals surface area contributed by atoms with Crippen LogP contribution in [0.25, 0.3) is 11.0 Å². The van der Waals surface area contributed by atoms with E-state index in [4.69, 9.17) is 4.98 Å². The van der Waals surface area contributed by atoms with Crippen LogP contribution in [0.4, 0.5) is 13.2 Å². The van der Waals surface area contributed by atoms with Crippen molar-refractivity contribution in [1.82, 2.24) is 34.7 Å². The van der Waals surface area contributed by atoms with E-state index in [9.17, 15) is 23.2 Å². The fourth-order valence-electron chi connectivity index (χ4n) is 4.85. The first-order valence-corrected chi connectivity index (χ1v) is 12.0. The SMILES string of the molecule is CC(c1ccc(C(F)(F)F)nc1)n1nc(C#N)c2c(=O)[nH]c(C3CCC3c3ncc(C4CC4)cn3)nc21. The van der Waals surface area contributed by atoms with Gasteiger partial charge >= 0.3 is 6.18 Å². The zero-order chi connectivity index (χ0) is 25.9. The molecule has 2 aliphatic rings. The van der Waals surface area contributed by atoms with E-state index in [0.717, 1.165) is 30.7 Å². The second-order valence-corrected chi connectivity index (χ2v) is 9.64. The van der Waals surface area contributed by atoms with Crippen LogP contribution in [0.2, 0.25) is 0 Å². The van der Waals surface area contributed by atoms with E-state index < -0.39 is 23.5 Å². The zero-order valence-electron chi connectivity index (χ0n) is 19.7. The number of halogens is 3. The number of alkyl halides is 3. The first-order chi connectivity index (χ1) is 17.7. The van der Waals surface area contributed by atoms with Crippen molar-refractivity contribution in [2.75, 3.05) is 0 Å². The number of nitrogens with zero attached hydrogens (tertiary/aromatic N) is 7. The summed E-state index contributed by atoms with van der Waals surface area (Å²) in [6.45, 7) is 1.70. The van der Waals surface area contributed by atoms with Gasteiger partial charge in [-0.25, -0.2) is 19.6 Å². The summed E-state index contributed by atoms with van der Waals surface area (Å²) in [4.78, 5) is 33.2. The van der Waals surface area contributed by atoms with Crippen LogP contribution in [-0.4, -0.2) is 34.7 Å². The van der Waals surface area contributed by atoms with E-state index in [0.29, 0.717) is 23.1 Å². The molecule has 0 amide bonds.